The van der Waals surface area contributed by atoms with Gasteiger partial charge >= 0.3 is 0 Å². The third-order valence-corrected chi connectivity index (χ3v) is 4.71. The van der Waals surface area contributed by atoms with Gasteiger partial charge in [-0.05, 0) is 36.3 Å². The highest BCUT2D eigenvalue weighted by Crippen LogP contribution is 2.41. The van der Waals surface area contributed by atoms with Crippen LogP contribution in [-0.2, 0) is 0 Å². The molecule has 1 atom stereocenters. The Hall–Kier alpha value is -2.07. The average molecular weight is 275 g/mol. The standard InChI is InChI=1S/C20H21N/c1-16-7-9-19(10-8-16)20(15-21)13-11-18(12-14-20)17-5-3-2-4-6-17/h2-6,9,11-14,16,18H,7-8,10H2,1H3. The Morgan fingerprint density at radius 2 is 1.86 bits per heavy atom. The molecule has 0 aromatic heterocycles. The Balaban J connectivity index is 1.85. The van der Waals surface area contributed by atoms with Gasteiger partial charge in [-0.2, -0.15) is 5.26 Å². The van der Waals surface area contributed by atoms with Crippen LogP contribution in [0.4, 0.5) is 0 Å². The second-order valence-corrected chi connectivity index (χ2v) is 6.24. The van der Waals surface area contributed by atoms with Gasteiger partial charge in [-0.1, -0.05) is 67.6 Å². The number of benzene rings is 1. The lowest BCUT2D eigenvalue weighted by molar-refractivity contribution is 0.487. The van der Waals surface area contributed by atoms with Gasteiger partial charge in [0.1, 0.15) is 5.41 Å². The fraction of sp³-hybridized carbons (Fsp3) is 0.350. The van der Waals surface area contributed by atoms with E-state index in [0.29, 0.717) is 0 Å². The molecule has 1 aromatic carbocycles. The van der Waals surface area contributed by atoms with Crippen molar-refractivity contribution in [3.63, 3.8) is 0 Å². The van der Waals surface area contributed by atoms with Crippen LogP contribution in [-0.4, -0.2) is 0 Å². The summed E-state index contributed by atoms with van der Waals surface area (Å²) in [5.74, 6) is 1.04. The number of nitrogens with zero attached hydrogens (tertiary/aromatic N) is 1. The number of rotatable bonds is 2. The normalized spacial score (nSPS) is 31.5. The Kier molecular flexibility index (Phi) is 3.80. The summed E-state index contributed by atoms with van der Waals surface area (Å²) < 4.78 is 0. The molecule has 0 amide bonds. The molecule has 0 fully saturated rings. The van der Waals surface area contributed by atoms with E-state index in [-0.39, 0.29) is 5.92 Å². The van der Waals surface area contributed by atoms with Crippen LogP contribution in [0.15, 0.2) is 66.3 Å². The number of hydrogen-bond donors (Lipinski definition) is 0. The molecule has 1 unspecified atom stereocenters. The Morgan fingerprint density at radius 1 is 1.14 bits per heavy atom. The maximum Gasteiger partial charge on any atom is 0.114 e. The van der Waals surface area contributed by atoms with Gasteiger partial charge in [0.05, 0.1) is 6.07 Å². The Bertz CT molecular complexity index is 614. The lowest BCUT2D eigenvalue weighted by Gasteiger charge is -2.30. The van der Waals surface area contributed by atoms with Crippen molar-refractivity contribution in [3.05, 3.63) is 71.8 Å². The molecule has 0 saturated carbocycles. The van der Waals surface area contributed by atoms with E-state index >= 15 is 0 Å². The van der Waals surface area contributed by atoms with E-state index in [1.165, 1.54) is 17.6 Å². The van der Waals surface area contributed by atoms with Gasteiger partial charge in [0, 0.05) is 5.92 Å². The number of allylic oxidation sites excluding steroid dienone is 6. The van der Waals surface area contributed by atoms with E-state index in [1.54, 1.807) is 0 Å². The van der Waals surface area contributed by atoms with E-state index in [1.807, 2.05) is 6.07 Å². The van der Waals surface area contributed by atoms with Crippen molar-refractivity contribution >= 4 is 0 Å². The zero-order valence-electron chi connectivity index (χ0n) is 12.5. The lowest BCUT2D eigenvalue weighted by atomic mass is 9.71. The Morgan fingerprint density at radius 3 is 2.43 bits per heavy atom. The summed E-state index contributed by atoms with van der Waals surface area (Å²) in [5.41, 5.74) is 2.05. The summed E-state index contributed by atoms with van der Waals surface area (Å²) >= 11 is 0. The van der Waals surface area contributed by atoms with Crippen molar-refractivity contribution in [3.8, 4) is 6.07 Å². The third-order valence-electron chi connectivity index (χ3n) is 4.71. The van der Waals surface area contributed by atoms with Gasteiger partial charge < -0.3 is 0 Å². The molecule has 1 nitrogen and oxygen atoms in total. The molecule has 21 heavy (non-hydrogen) atoms. The first-order valence-corrected chi connectivity index (χ1v) is 7.78. The summed E-state index contributed by atoms with van der Waals surface area (Å²) in [6, 6.07) is 13.0. The van der Waals surface area contributed by atoms with Gasteiger partial charge in [0.15, 0.2) is 0 Å². The van der Waals surface area contributed by atoms with Crippen LogP contribution in [0.5, 0.6) is 0 Å². The van der Waals surface area contributed by atoms with Gasteiger partial charge in [0.25, 0.3) is 0 Å². The van der Waals surface area contributed by atoms with Crippen LogP contribution in [0.1, 0.15) is 37.7 Å². The first kappa shape index (κ1) is 13.9. The van der Waals surface area contributed by atoms with E-state index in [9.17, 15) is 5.26 Å². The van der Waals surface area contributed by atoms with Gasteiger partial charge in [-0.3, -0.25) is 0 Å². The van der Waals surface area contributed by atoms with Crippen LogP contribution in [0, 0.1) is 22.7 Å². The molecule has 2 aliphatic carbocycles. The van der Waals surface area contributed by atoms with E-state index < -0.39 is 5.41 Å². The van der Waals surface area contributed by atoms with Crippen LogP contribution in [0.2, 0.25) is 0 Å². The zero-order chi connectivity index (χ0) is 14.7. The van der Waals surface area contributed by atoms with Crippen LogP contribution >= 0.6 is 0 Å². The van der Waals surface area contributed by atoms with Crippen LogP contribution < -0.4 is 0 Å². The van der Waals surface area contributed by atoms with Crippen molar-refractivity contribution in [2.75, 3.05) is 0 Å². The number of hydrogen-bond acceptors (Lipinski definition) is 1. The largest absolute Gasteiger partial charge is 0.197 e. The van der Waals surface area contributed by atoms with Crippen molar-refractivity contribution in [1.82, 2.24) is 0 Å². The van der Waals surface area contributed by atoms with Gasteiger partial charge in [-0.15, -0.1) is 0 Å². The summed E-state index contributed by atoms with van der Waals surface area (Å²) in [5, 5.41) is 9.72. The van der Waals surface area contributed by atoms with Crippen LogP contribution in [0.25, 0.3) is 0 Å². The summed E-state index contributed by atoms with van der Waals surface area (Å²) in [4.78, 5) is 0. The van der Waals surface area contributed by atoms with Crippen LogP contribution in [0.3, 0.4) is 0 Å². The summed E-state index contributed by atoms with van der Waals surface area (Å²) in [6.07, 6.45) is 14.2. The van der Waals surface area contributed by atoms with Gasteiger partial charge in [-0.25, -0.2) is 0 Å². The minimum Gasteiger partial charge on any atom is -0.197 e. The molecule has 0 saturated heterocycles. The highest BCUT2D eigenvalue weighted by Gasteiger charge is 2.32. The smallest absolute Gasteiger partial charge is 0.114 e. The highest BCUT2D eigenvalue weighted by molar-refractivity contribution is 5.45. The van der Waals surface area contributed by atoms with Crippen molar-refractivity contribution < 1.29 is 0 Å². The van der Waals surface area contributed by atoms with Gasteiger partial charge in [0.2, 0.25) is 0 Å². The predicted octanol–water partition coefficient (Wildman–Crippen LogP) is 5.15. The molecule has 2 aliphatic rings. The third kappa shape index (κ3) is 2.72. The maximum absolute atomic E-state index is 9.72. The highest BCUT2D eigenvalue weighted by atomic mass is 14.4. The number of nitriles is 1. The molecule has 1 aromatic rings. The molecule has 0 radical (unpaired) electrons. The minimum absolute atomic E-state index is 0.288. The molecule has 0 aliphatic heterocycles. The Labute approximate surface area is 127 Å². The van der Waals surface area contributed by atoms with Crippen molar-refractivity contribution in [1.29, 1.82) is 5.26 Å². The fourth-order valence-electron chi connectivity index (χ4n) is 3.23. The average Bonchev–Trinajstić information content (AvgIpc) is 2.56. The molecule has 1 heteroatoms. The van der Waals surface area contributed by atoms with E-state index in [0.717, 1.165) is 18.8 Å². The first-order chi connectivity index (χ1) is 10.2. The zero-order valence-corrected chi connectivity index (χ0v) is 12.5. The van der Waals surface area contributed by atoms with E-state index in [2.05, 4.69) is 67.6 Å². The molecular weight excluding hydrogens is 254 g/mol. The predicted molar refractivity (Wildman–Crippen MR) is 86.6 cm³/mol. The lowest BCUT2D eigenvalue weighted by Crippen LogP contribution is -2.21. The molecule has 0 heterocycles. The quantitative estimate of drug-likeness (QED) is 0.684. The second-order valence-electron chi connectivity index (χ2n) is 6.24. The summed E-state index contributed by atoms with van der Waals surface area (Å²) in [6.45, 7) is 2.28. The fourth-order valence-corrected chi connectivity index (χ4v) is 3.23. The molecule has 106 valence electrons. The monoisotopic (exact) mass is 275 g/mol. The minimum atomic E-state index is -0.509. The van der Waals surface area contributed by atoms with Crippen molar-refractivity contribution in [2.24, 2.45) is 11.3 Å². The molecule has 0 N–H and O–H groups in total. The second kappa shape index (κ2) is 5.74. The molecule has 0 spiro atoms. The topological polar surface area (TPSA) is 23.8 Å². The van der Waals surface area contributed by atoms with Crippen molar-refractivity contribution in [2.45, 2.75) is 32.1 Å². The maximum atomic E-state index is 9.72. The summed E-state index contributed by atoms with van der Waals surface area (Å²) in [7, 11) is 0. The molecular formula is C20H21N. The SMILES string of the molecule is CC1CC=C(C2(C#N)C=CC(c3ccccc3)C=C2)CC1. The van der Waals surface area contributed by atoms with E-state index in [4.69, 9.17) is 0 Å². The molecule has 0 bridgehead atoms. The molecule has 3 rings (SSSR count). The first-order valence-electron chi connectivity index (χ1n) is 7.78.